The molecule has 0 saturated heterocycles. The van der Waals surface area contributed by atoms with Crippen LogP contribution < -0.4 is 5.43 Å². The summed E-state index contributed by atoms with van der Waals surface area (Å²) in [5, 5.41) is 6.89. The Morgan fingerprint density at radius 1 is 0.955 bits per heavy atom. The summed E-state index contributed by atoms with van der Waals surface area (Å²) in [5.74, 6) is -0.270. The Morgan fingerprint density at radius 2 is 1.68 bits per heavy atom. The maximum atomic E-state index is 11.9. The topological polar surface area (TPSA) is 41.5 Å². The molecule has 0 aliphatic carbocycles. The summed E-state index contributed by atoms with van der Waals surface area (Å²) in [6.07, 6.45) is 1.63. The van der Waals surface area contributed by atoms with Crippen LogP contribution in [0.4, 0.5) is 0 Å². The average molecular weight is 309 g/mol. The van der Waals surface area contributed by atoms with E-state index in [1.807, 2.05) is 36.4 Å². The number of rotatable bonds is 3. The van der Waals surface area contributed by atoms with E-state index >= 15 is 0 Å². The van der Waals surface area contributed by atoms with Crippen molar-refractivity contribution in [2.75, 3.05) is 0 Å². The molecular weight excluding hydrogens is 296 g/mol. The molecule has 0 unspecified atom stereocenters. The standard InChI is InChI=1S/C18H13ClN2O/c19-17-9-7-15(8-10-17)18(22)21-20-12-13-5-6-14-3-1-2-4-16(14)11-13/h1-12H,(H,21,22)/b20-12+. The summed E-state index contributed by atoms with van der Waals surface area (Å²) in [6.45, 7) is 0. The fraction of sp³-hybridized carbons (Fsp3) is 0. The van der Waals surface area contributed by atoms with E-state index in [1.54, 1.807) is 30.5 Å². The summed E-state index contributed by atoms with van der Waals surface area (Å²) in [5.41, 5.74) is 3.94. The molecule has 0 aromatic heterocycles. The first kappa shape index (κ1) is 14.3. The van der Waals surface area contributed by atoms with Gasteiger partial charge in [-0.15, -0.1) is 0 Å². The van der Waals surface area contributed by atoms with Crippen molar-refractivity contribution in [3.05, 3.63) is 82.9 Å². The molecule has 22 heavy (non-hydrogen) atoms. The molecule has 0 fully saturated rings. The second-order valence-corrected chi connectivity index (χ2v) is 5.25. The predicted molar refractivity (Wildman–Crippen MR) is 90.5 cm³/mol. The molecule has 108 valence electrons. The molecule has 0 bridgehead atoms. The van der Waals surface area contributed by atoms with E-state index < -0.39 is 0 Å². The molecule has 1 N–H and O–H groups in total. The molecular formula is C18H13ClN2O. The van der Waals surface area contributed by atoms with Crippen molar-refractivity contribution in [3.8, 4) is 0 Å². The van der Waals surface area contributed by atoms with Crippen molar-refractivity contribution in [3.63, 3.8) is 0 Å². The number of carbonyl (C=O) groups excluding carboxylic acids is 1. The number of nitrogens with zero attached hydrogens (tertiary/aromatic N) is 1. The van der Waals surface area contributed by atoms with E-state index in [4.69, 9.17) is 11.6 Å². The van der Waals surface area contributed by atoms with Gasteiger partial charge in [-0.2, -0.15) is 5.10 Å². The molecule has 3 aromatic rings. The molecule has 0 spiro atoms. The van der Waals surface area contributed by atoms with Gasteiger partial charge in [0.05, 0.1) is 6.21 Å². The number of hydrazone groups is 1. The van der Waals surface area contributed by atoms with Crippen molar-refractivity contribution in [1.82, 2.24) is 5.43 Å². The van der Waals surface area contributed by atoms with Gasteiger partial charge in [-0.25, -0.2) is 5.43 Å². The van der Waals surface area contributed by atoms with E-state index in [1.165, 1.54) is 5.39 Å². The van der Waals surface area contributed by atoms with Crippen LogP contribution in [0.15, 0.2) is 71.8 Å². The number of nitrogens with one attached hydrogen (secondary N) is 1. The van der Waals surface area contributed by atoms with Crippen molar-refractivity contribution >= 4 is 34.5 Å². The zero-order valence-electron chi connectivity index (χ0n) is 11.7. The number of amides is 1. The van der Waals surface area contributed by atoms with E-state index in [0.29, 0.717) is 10.6 Å². The minimum atomic E-state index is -0.270. The summed E-state index contributed by atoms with van der Waals surface area (Å²) in [7, 11) is 0. The Bertz CT molecular complexity index is 841. The second-order valence-electron chi connectivity index (χ2n) is 4.81. The number of fused-ring (bicyclic) bond motifs is 1. The van der Waals surface area contributed by atoms with Gasteiger partial charge in [-0.3, -0.25) is 4.79 Å². The zero-order chi connectivity index (χ0) is 15.4. The van der Waals surface area contributed by atoms with Crippen molar-refractivity contribution in [2.45, 2.75) is 0 Å². The van der Waals surface area contributed by atoms with Gasteiger partial charge in [0.1, 0.15) is 0 Å². The van der Waals surface area contributed by atoms with Gasteiger partial charge in [0.2, 0.25) is 0 Å². The molecule has 1 amide bonds. The SMILES string of the molecule is O=C(N/N=C/c1ccc2ccccc2c1)c1ccc(Cl)cc1. The fourth-order valence-electron chi connectivity index (χ4n) is 2.12. The lowest BCUT2D eigenvalue weighted by Gasteiger charge is -2.01. The van der Waals surface area contributed by atoms with E-state index in [2.05, 4.69) is 16.6 Å². The number of hydrogen-bond acceptors (Lipinski definition) is 2. The van der Waals surface area contributed by atoms with E-state index in [0.717, 1.165) is 10.9 Å². The first-order chi connectivity index (χ1) is 10.7. The third kappa shape index (κ3) is 3.32. The fourth-order valence-corrected chi connectivity index (χ4v) is 2.25. The maximum Gasteiger partial charge on any atom is 0.271 e. The highest BCUT2D eigenvalue weighted by Crippen LogP contribution is 2.14. The smallest absolute Gasteiger partial charge is 0.267 e. The number of benzene rings is 3. The monoisotopic (exact) mass is 308 g/mol. The first-order valence-corrected chi connectivity index (χ1v) is 7.18. The Kier molecular flexibility index (Phi) is 4.17. The Balaban J connectivity index is 1.70. The molecule has 0 heterocycles. The highest BCUT2D eigenvalue weighted by molar-refractivity contribution is 6.30. The molecule has 3 rings (SSSR count). The van der Waals surface area contributed by atoms with Gasteiger partial charge in [-0.1, -0.05) is 48.0 Å². The van der Waals surface area contributed by atoms with Gasteiger partial charge >= 0.3 is 0 Å². The molecule has 3 aromatic carbocycles. The Labute approximate surface area is 133 Å². The quantitative estimate of drug-likeness (QED) is 0.570. The number of carbonyl (C=O) groups is 1. The highest BCUT2D eigenvalue weighted by Gasteiger charge is 2.03. The normalized spacial score (nSPS) is 11.0. The third-order valence-electron chi connectivity index (χ3n) is 3.26. The summed E-state index contributed by atoms with van der Waals surface area (Å²) in [4.78, 5) is 11.9. The van der Waals surface area contributed by atoms with Gasteiger partial charge in [-0.05, 0) is 46.7 Å². The lowest BCUT2D eigenvalue weighted by Crippen LogP contribution is -2.17. The van der Waals surface area contributed by atoms with Gasteiger partial charge in [0.15, 0.2) is 0 Å². The lowest BCUT2D eigenvalue weighted by molar-refractivity contribution is 0.0955. The summed E-state index contributed by atoms with van der Waals surface area (Å²) >= 11 is 5.79. The number of hydrogen-bond donors (Lipinski definition) is 1. The molecule has 0 saturated carbocycles. The highest BCUT2D eigenvalue weighted by atomic mass is 35.5. The zero-order valence-corrected chi connectivity index (χ0v) is 12.4. The van der Waals surface area contributed by atoms with Gasteiger partial charge < -0.3 is 0 Å². The van der Waals surface area contributed by atoms with Crippen LogP contribution in [0.1, 0.15) is 15.9 Å². The molecule has 0 radical (unpaired) electrons. The third-order valence-corrected chi connectivity index (χ3v) is 3.51. The largest absolute Gasteiger partial charge is 0.271 e. The Hall–Kier alpha value is -2.65. The predicted octanol–water partition coefficient (Wildman–Crippen LogP) is 4.26. The second kappa shape index (κ2) is 6.41. The minimum Gasteiger partial charge on any atom is -0.267 e. The molecule has 4 heteroatoms. The summed E-state index contributed by atoms with van der Waals surface area (Å²) in [6, 6.07) is 20.7. The van der Waals surface area contributed by atoms with Crippen LogP contribution in [0, 0.1) is 0 Å². The lowest BCUT2D eigenvalue weighted by atomic mass is 10.1. The first-order valence-electron chi connectivity index (χ1n) is 6.80. The van der Waals surface area contributed by atoms with Crippen LogP contribution in [0.25, 0.3) is 10.8 Å². The van der Waals surface area contributed by atoms with Crippen LogP contribution >= 0.6 is 11.6 Å². The summed E-state index contributed by atoms with van der Waals surface area (Å²) < 4.78 is 0. The van der Waals surface area contributed by atoms with Crippen molar-refractivity contribution in [2.24, 2.45) is 5.10 Å². The van der Waals surface area contributed by atoms with Crippen LogP contribution in [-0.4, -0.2) is 12.1 Å². The molecule has 0 aliphatic rings. The molecule has 0 aliphatic heterocycles. The van der Waals surface area contributed by atoms with Crippen LogP contribution in [-0.2, 0) is 0 Å². The Morgan fingerprint density at radius 3 is 2.45 bits per heavy atom. The van der Waals surface area contributed by atoms with Gasteiger partial charge in [0, 0.05) is 10.6 Å². The van der Waals surface area contributed by atoms with Crippen LogP contribution in [0.2, 0.25) is 5.02 Å². The van der Waals surface area contributed by atoms with Crippen molar-refractivity contribution < 1.29 is 4.79 Å². The van der Waals surface area contributed by atoms with E-state index in [9.17, 15) is 4.79 Å². The molecule has 0 atom stereocenters. The maximum absolute atomic E-state index is 11.9. The molecule has 3 nitrogen and oxygen atoms in total. The van der Waals surface area contributed by atoms with Crippen molar-refractivity contribution in [1.29, 1.82) is 0 Å². The average Bonchev–Trinajstić information content (AvgIpc) is 2.55. The van der Waals surface area contributed by atoms with E-state index in [-0.39, 0.29) is 5.91 Å². The number of halogens is 1. The van der Waals surface area contributed by atoms with Gasteiger partial charge in [0.25, 0.3) is 5.91 Å². The van der Waals surface area contributed by atoms with Crippen LogP contribution in [0.5, 0.6) is 0 Å². The van der Waals surface area contributed by atoms with Crippen LogP contribution in [0.3, 0.4) is 0 Å². The minimum absolute atomic E-state index is 0.270.